The van der Waals surface area contributed by atoms with Crippen LogP contribution in [-0.4, -0.2) is 9.97 Å². The van der Waals surface area contributed by atoms with Gasteiger partial charge < -0.3 is 5.73 Å². The molecule has 0 unspecified atom stereocenters. The molecule has 0 saturated carbocycles. The maximum atomic E-state index is 5.77. The molecule has 0 atom stereocenters. The molecular formula is C18H13N3S. The van der Waals surface area contributed by atoms with Gasteiger partial charge >= 0.3 is 0 Å². The van der Waals surface area contributed by atoms with Crippen molar-refractivity contribution in [3.63, 3.8) is 0 Å². The Morgan fingerprint density at radius 2 is 1.64 bits per heavy atom. The molecule has 4 rings (SSSR count). The fourth-order valence-corrected chi connectivity index (χ4v) is 3.24. The van der Waals surface area contributed by atoms with E-state index in [4.69, 9.17) is 10.7 Å². The average molecular weight is 303 g/mol. The van der Waals surface area contributed by atoms with Crippen LogP contribution in [0.1, 0.15) is 0 Å². The number of hydrogen-bond donors (Lipinski definition) is 1. The second-order valence-electron chi connectivity index (χ2n) is 5.05. The zero-order valence-corrected chi connectivity index (χ0v) is 12.5. The third-order valence-corrected chi connectivity index (χ3v) is 4.43. The molecule has 2 aromatic carbocycles. The minimum atomic E-state index is 0.536. The van der Waals surface area contributed by atoms with Crippen LogP contribution in [0.2, 0.25) is 0 Å². The highest BCUT2D eigenvalue weighted by atomic mass is 32.1. The normalized spacial score (nSPS) is 10.9. The lowest BCUT2D eigenvalue weighted by atomic mass is 10.1. The number of benzene rings is 2. The van der Waals surface area contributed by atoms with Crippen molar-refractivity contribution in [2.24, 2.45) is 0 Å². The average Bonchev–Trinajstić information content (AvgIpc) is 3.05. The van der Waals surface area contributed by atoms with E-state index in [0.717, 1.165) is 32.7 Å². The molecule has 0 aliphatic heterocycles. The molecular weight excluding hydrogens is 290 g/mol. The minimum absolute atomic E-state index is 0.536. The Labute approximate surface area is 132 Å². The van der Waals surface area contributed by atoms with E-state index >= 15 is 0 Å². The van der Waals surface area contributed by atoms with Crippen molar-refractivity contribution in [2.45, 2.75) is 0 Å². The number of hydrogen-bond acceptors (Lipinski definition) is 4. The van der Waals surface area contributed by atoms with Crippen molar-refractivity contribution >= 4 is 28.1 Å². The van der Waals surface area contributed by atoms with Gasteiger partial charge in [0.15, 0.2) is 0 Å². The fourth-order valence-electron chi connectivity index (χ4n) is 2.41. The lowest BCUT2D eigenvalue weighted by molar-refractivity contribution is 1.39. The Hall–Kier alpha value is -2.72. The lowest BCUT2D eigenvalue weighted by Crippen LogP contribution is -1.89. The predicted octanol–water partition coefficient (Wildman–Crippen LogP) is 4.61. The van der Waals surface area contributed by atoms with Crippen molar-refractivity contribution in [1.29, 1.82) is 0 Å². The van der Waals surface area contributed by atoms with Crippen LogP contribution >= 0.6 is 11.3 Å². The van der Waals surface area contributed by atoms with Gasteiger partial charge in [-0.1, -0.05) is 42.5 Å². The van der Waals surface area contributed by atoms with Crippen LogP contribution in [-0.2, 0) is 0 Å². The SMILES string of the molecule is Nc1ccc2ccc(-c3nc(-c4ccccc4)cs3)cc2n1. The van der Waals surface area contributed by atoms with E-state index in [2.05, 4.69) is 34.6 Å². The second-order valence-corrected chi connectivity index (χ2v) is 5.91. The van der Waals surface area contributed by atoms with Gasteiger partial charge in [-0.3, -0.25) is 0 Å². The topological polar surface area (TPSA) is 51.8 Å². The number of aromatic nitrogens is 2. The van der Waals surface area contributed by atoms with Gasteiger partial charge in [-0.15, -0.1) is 11.3 Å². The number of fused-ring (bicyclic) bond motifs is 1. The van der Waals surface area contributed by atoms with Crippen LogP contribution in [0.5, 0.6) is 0 Å². The van der Waals surface area contributed by atoms with Crippen molar-refractivity contribution in [1.82, 2.24) is 9.97 Å². The number of nitrogen functional groups attached to an aromatic ring is 1. The minimum Gasteiger partial charge on any atom is -0.384 e. The summed E-state index contributed by atoms with van der Waals surface area (Å²) in [5.74, 6) is 0.536. The first-order chi connectivity index (χ1) is 10.8. The molecule has 0 fully saturated rings. The largest absolute Gasteiger partial charge is 0.384 e. The Morgan fingerprint density at radius 3 is 2.50 bits per heavy atom. The standard InChI is InChI=1S/C18H13N3S/c19-17-9-8-13-6-7-14(10-15(13)20-17)18-21-16(11-22-18)12-4-2-1-3-5-12/h1-11H,(H2,19,20). The molecule has 4 aromatic rings. The summed E-state index contributed by atoms with van der Waals surface area (Å²) in [4.78, 5) is 9.12. The second kappa shape index (κ2) is 5.24. The number of rotatable bonds is 2. The van der Waals surface area contributed by atoms with Crippen LogP contribution in [0.3, 0.4) is 0 Å². The molecule has 0 aliphatic rings. The van der Waals surface area contributed by atoms with Crippen LogP contribution in [0.4, 0.5) is 5.82 Å². The van der Waals surface area contributed by atoms with Crippen molar-refractivity contribution < 1.29 is 0 Å². The van der Waals surface area contributed by atoms with Crippen molar-refractivity contribution in [3.8, 4) is 21.8 Å². The summed E-state index contributed by atoms with van der Waals surface area (Å²) >= 11 is 1.64. The van der Waals surface area contributed by atoms with E-state index in [9.17, 15) is 0 Å². The summed E-state index contributed by atoms with van der Waals surface area (Å²) in [5.41, 5.74) is 9.87. The molecule has 0 spiro atoms. The zero-order valence-electron chi connectivity index (χ0n) is 11.7. The molecule has 0 aliphatic carbocycles. The molecule has 106 valence electrons. The Kier molecular flexibility index (Phi) is 3.09. The van der Waals surface area contributed by atoms with Crippen LogP contribution < -0.4 is 5.73 Å². The molecule has 4 heteroatoms. The van der Waals surface area contributed by atoms with Gasteiger partial charge in [-0.05, 0) is 18.2 Å². The van der Waals surface area contributed by atoms with E-state index in [1.807, 2.05) is 36.4 Å². The molecule has 0 saturated heterocycles. The smallest absolute Gasteiger partial charge is 0.124 e. The van der Waals surface area contributed by atoms with Gasteiger partial charge in [0.1, 0.15) is 10.8 Å². The van der Waals surface area contributed by atoms with Gasteiger partial charge in [-0.25, -0.2) is 9.97 Å². The molecule has 2 N–H and O–H groups in total. The number of nitrogens with two attached hydrogens (primary N) is 1. The molecule has 22 heavy (non-hydrogen) atoms. The number of anilines is 1. The molecule has 0 bridgehead atoms. The number of nitrogens with zero attached hydrogens (tertiary/aromatic N) is 2. The summed E-state index contributed by atoms with van der Waals surface area (Å²) in [6.07, 6.45) is 0. The highest BCUT2D eigenvalue weighted by Gasteiger charge is 2.07. The summed E-state index contributed by atoms with van der Waals surface area (Å²) in [5, 5.41) is 4.16. The van der Waals surface area contributed by atoms with E-state index in [-0.39, 0.29) is 0 Å². The van der Waals surface area contributed by atoms with E-state index in [1.165, 1.54) is 0 Å². The Bertz CT molecular complexity index is 945. The summed E-state index contributed by atoms with van der Waals surface area (Å²) < 4.78 is 0. The van der Waals surface area contributed by atoms with Gasteiger partial charge in [0, 0.05) is 21.9 Å². The van der Waals surface area contributed by atoms with Crippen molar-refractivity contribution in [2.75, 3.05) is 5.73 Å². The molecule has 0 radical (unpaired) electrons. The molecule has 3 nitrogen and oxygen atoms in total. The molecule has 2 heterocycles. The summed E-state index contributed by atoms with van der Waals surface area (Å²) in [6.45, 7) is 0. The number of pyridine rings is 1. The summed E-state index contributed by atoms with van der Waals surface area (Å²) in [6, 6.07) is 20.2. The maximum Gasteiger partial charge on any atom is 0.124 e. The Morgan fingerprint density at radius 1 is 0.818 bits per heavy atom. The van der Waals surface area contributed by atoms with Crippen LogP contribution in [0.25, 0.3) is 32.7 Å². The first-order valence-electron chi connectivity index (χ1n) is 6.97. The van der Waals surface area contributed by atoms with E-state index < -0.39 is 0 Å². The Balaban J connectivity index is 1.77. The van der Waals surface area contributed by atoms with Crippen molar-refractivity contribution in [3.05, 3.63) is 66.0 Å². The highest BCUT2D eigenvalue weighted by Crippen LogP contribution is 2.30. The maximum absolute atomic E-state index is 5.77. The monoisotopic (exact) mass is 303 g/mol. The quantitative estimate of drug-likeness (QED) is 0.588. The first-order valence-corrected chi connectivity index (χ1v) is 7.85. The molecule has 2 aromatic heterocycles. The molecule has 0 amide bonds. The lowest BCUT2D eigenvalue weighted by Gasteiger charge is -2.01. The van der Waals surface area contributed by atoms with Gasteiger partial charge in [-0.2, -0.15) is 0 Å². The van der Waals surface area contributed by atoms with E-state index in [0.29, 0.717) is 5.82 Å². The van der Waals surface area contributed by atoms with Gasteiger partial charge in [0.25, 0.3) is 0 Å². The van der Waals surface area contributed by atoms with Crippen LogP contribution in [0, 0.1) is 0 Å². The summed E-state index contributed by atoms with van der Waals surface area (Å²) in [7, 11) is 0. The zero-order chi connectivity index (χ0) is 14.9. The predicted molar refractivity (Wildman–Crippen MR) is 92.7 cm³/mol. The van der Waals surface area contributed by atoms with Gasteiger partial charge in [0.2, 0.25) is 0 Å². The fraction of sp³-hybridized carbons (Fsp3) is 0. The third kappa shape index (κ3) is 2.34. The van der Waals surface area contributed by atoms with Crippen LogP contribution in [0.15, 0.2) is 66.0 Å². The third-order valence-electron chi connectivity index (χ3n) is 3.53. The van der Waals surface area contributed by atoms with Gasteiger partial charge in [0.05, 0.1) is 11.2 Å². The highest BCUT2D eigenvalue weighted by molar-refractivity contribution is 7.13. The first kappa shape index (κ1) is 13.0. The number of thiazole rings is 1. The van der Waals surface area contributed by atoms with E-state index in [1.54, 1.807) is 11.3 Å².